The number of carbonyl (C=O) groups excluding carboxylic acids is 2. The monoisotopic (exact) mass is 397 g/mol. The first-order chi connectivity index (χ1) is 14.0. The van der Waals surface area contributed by atoms with Crippen LogP contribution in [-0.2, 0) is 10.2 Å². The van der Waals surface area contributed by atoms with Gasteiger partial charge in [-0.3, -0.25) is 24.4 Å². The zero-order valence-corrected chi connectivity index (χ0v) is 15.9. The number of rotatable bonds is 5. The van der Waals surface area contributed by atoms with Gasteiger partial charge in [0, 0.05) is 38.1 Å². The van der Waals surface area contributed by atoms with Gasteiger partial charge < -0.3 is 15.2 Å². The van der Waals surface area contributed by atoms with Crippen molar-refractivity contribution in [1.82, 2.24) is 25.2 Å². The summed E-state index contributed by atoms with van der Waals surface area (Å²) in [5.41, 5.74) is -0.722. The average Bonchev–Trinajstić information content (AvgIpc) is 3.54. The Bertz CT molecular complexity index is 989. The minimum absolute atomic E-state index is 0.0561. The van der Waals surface area contributed by atoms with E-state index in [2.05, 4.69) is 15.3 Å². The van der Waals surface area contributed by atoms with E-state index in [0.717, 1.165) is 37.3 Å². The lowest BCUT2D eigenvalue weighted by Gasteiger charge is -2.34. The van der Waals surface area contributed by atoms with Crippen LogP contribution in [0, 0.1) is 5.92 Å². The highest BCUT2D eigenvalue weighted by molar-refractivity contribution is 5.92. The second-order valence-corrected chi connectivity index (χ2v) is 7.76. The van der Waals surface area contributed by atoms with E-state index in [1.807, 2.05) is 22.0 Å². The summed E-state index contributed by atoms with van der Waals surface area (Å²) in [4.78, 5) is 58.1. The summed E-state index contributed by atoms with van der Waals surface area (Å²) < 4.78 is 0. The Kier molecular flexibility index (Phi) is 5.04. The van der Waals surface area contributed by atoms with Crippen molar-refractivity contribution >= 4 is 11.8 Å². The van der Waals surface area contributed by atoms with Crippen molar-refractivity contribution in [2.45, 2.75) is 31.1 Å². The lowest BCUT2D eigenvalue weighted by atomic mass is 9.91. The van der Waals surface area contributed by atoms with Crippen molar-refractivity contribution in [2.75, 3.05) is 19.6 Å². The van der Waals surface area contributed by atoms with Gasteiger partial charge in [0.2, 0.25) is 5.91 Å². The van der Waals surface area contributed by atoms with E-state index in [4.69, 9.17) is 0 Å². The molecular formula is C20H23N5O4. The smallest absolute Gasteiger partial charge is 0.326 e. The largest absolute Gasteiger partial charge is 0.350 e. The molecule has 1 saturated carbocycles. The summed E-state index contributed by atoms with van der Waals surface area (Å²) in [6, 6.07) is 4.91. The van der Waals surface area contributed by atoms with Crippen molar-refractivity contribution in [3.63, 3.8) is 0 Å². The molecule has 1 saturated heterocycles. The van der Waals surface area contributed by atoms with E-state index in [9.17, 15) is 19.2 Å². The molecule has 3 N–H and O–H groups in total. The Morgan fingerprint density at radius 3 is 2.45 bits per heavy atom. The SMILES string of the molecule is O=C(NCC1CCN(C(=O)C2(c3ccncc3)CC2)CC1)c1cc(=O)[nH]c(=O)[nH]1. The van der Waals surface area contributed by atoms with Gasteiger partial charge >= 0.3 is 5.69 Å². The number of piperidine rings is 1. The fourth-order valence-corrected chi connectivity index (χ4v) is 3.99. The summed E-state index contributed by atoms with van der Waals surface area (Å²) in [6.07, 6.45) is 6.80. The molecule has 29 heavy (non-hydrogen) atoms. The molecule has 2 aromatic heterocycles. The fourth-order valence-electron chi connectivity index (χ4n) is 3.99. The second kappa shape index (κ2) is 7.65. The third-order valence-corrected chi connectivity index (χ3v) is 5.85. The molecule has 9 heteroatoms. The number of nitrogens with one attached hydrogen (secondary N) is 3. The summed E-state index contributed by atoms with van der Waals surface area (Å²) in [5, 5.41) is 2.76. The highest BCUT2D eigenvalue weighted by atomic mass is 16.2. The van der Waals surface area contributed by atoms with Crippen molar-refractivity contribution < 1.29 is 9.59 Å². The van der Waals surface area contributed by atoms with E-state index in [1.54, 1.807) is 12.4 Å². The molecule has 0 spiro atoms. The summed E-state index contributed by atoms with van der Waals surface area (Å²) in [6.45, 7) is 1.76. The number of hydrogen-bond acceptors (Lipinski definition) is 5. The summed E-state index contributed by atoms with van der Waals surface area (Å²) in [5.74, 6) is -0.0543. The van der Waals surface area contributed by atoms with Gasteiger partial charge in [-0.2, -0.15) is 0 Å². The Morgan fingerprint density at radius 1 is 1.14 bits per heavy atom. The maximum absolute atomic E-state index is 13.1. The van der Waals surface area contributed by atoms with Crippen LogP contribution in [0.1, 0.15) is 41.7 Å². The number of pyridine rings is 1. The van der Waals surface area contributed by atoms with Crippen LogP contribution in [0.3, 0.4) is 0 Å². The van der Waals surface area contributed by atoms with Gasteiger partial charge in [0.1, 0.15) is 5.69 Å². The molecule has 2 aliphatic rings. The number of carbonyl (C=O) groups is 2. The predicted octanol–water partition coefficient (Wildman–Crippen LogP) is 0.158. The van der Waals surface area contributed by atoms with Gasteiger partial charge in [-0.05, 0) is 49.3 Å². The number of amides is 2. The van der Waals surface area contributed by atoms with Crippen LogP contribution in [0.5, 0.6) is 0 Å². The van der Waals surface area contributed by atoms with Crippen molar-refractivity contribution in [2.24, 2.45) is 5.92 Å². The summed E-state index contributed by atoms with van der Waals surface area (Å²) in [7, 11) is 0. The standard InChI is InChI=1S/C20H23N5O4/c26-16-11-15(23-19(29)24-16)17(27)22-12-13-3-9-25(10-4-13)18(28)20(5-6-20)14-1-7-21-8-2-14/h1-2,7-8,11,13H,3-6,9-10,12H2,(H,22,27)(H2,23,24,26,29). The van der Waals surface area contributed by atoms with Crippen molar-refractivity contribution in [3.8, 4) is 0 Å². The minimum atomic E-state index is -0.710. The van der Waals surface area contributed by atoms with E-state index < -0.39 is 17.2 Å². The molecule has 9 nitrogen and oxygen atoms in total. The maximum Gasteiger partial charge on any atom is 0.326 e. The zero-order chi connectivity index (χ0) is 20.4. The van der Waals surface area contributed by atoms with E-state index in [-0.39, 0.29) is 22.9 Å². The molecule has 0 bridgehead atoms. The van der Waals surface area contributed by atoms with Crippen LogP contribution < -0.4 is 16.6 Å². The normalized spacial score (nSPS) is 18.3. The molecule has 1 aliphatic heterocycles. The third kappa shape index (κ3) is 3.98. The van der Waals surface area contributed by atoms with Crippen molar-refractivity contribution in [1.29, 1.82) is 0 Å². The van der Waals surface area contributed by atoms with Gasteiger partial charge in [-0.1, -0.05) is 0 Å². The van der Waals surface area contributed by atoms with Gasteiger partial charge in [-0.25, -0.2) is 4.79 Å². The fraction of sp³-hybridized carbons (Fsp3) is 0.450. The topological polar surface area (TPSA) is 128 Å². The molecule has 0 aromatic carbocycles. The van der Waals surface area contributed by atoms with E-state index >= 15 is 0 Å². The van der Waals surface area contributed by atoms with Gasteiger partial charge in [0.05, 0.1) is 5.41 Å². The Balaban J connectivity index is 1.30. The molecule has 2 aromatic rings. The molecule has 0 radical (unpaired) electrons. The molecule has 152 valence electrons. The van der Waals surface area contributed by atoms with Gasteiger partial charge in [0.25, 0.3) is 11.5 Å². The van der Waals surface area contributed by atoms with Gasteiger partial charge in [0.15, 0.2) is 0 Å². The molecular weight excluding hydrogens is 374 g/mol. The van der Waals surface area contributed by atoms with Crippen LogP contribution in [0.4, 0.5) is 0 Å². The van der Waals surface area contributed by atoms with Crippen LogP contribution in [0.2, 0.25) is 0 Å². The average molecular weight is 397 g/mol. The molecule has 2 fully saturated rings. The highest BCUT2D eigenvalue weighted by Gasteiger charge is 2.53. The molecule has 1 aliphatic carbocycles. The summed E-state index contributed by atoms with van der Waals surface area (Å²) >= 11 is 0. The molecule has 0 atom stereocenters. The number of likely N-dealkylation sites (tertiary alicyclic amines) is 1. The lowest BCUT2D eigenvalue weighted by molar-refractivity contribution is -0.135. The van der Waals surface area contributed by atoms with Crippen LogP contribution in [0.25, 0.3) is 0 Å². The number of hydrogen-bond donors (Lipinski definition) is 3. The Morgan fingerprint density at radius 2 is 1.83 bits per heavy atom. The number of aromatic nitrogens is 3. The molecule has 2 amide bonds. The van der Waals surface area contributed by atoms with Crippen LogP contribution in [-0.4, -0.2) is 51.3 Å². The molecule has 4 rings (SSSR count). The molecule has 0 unspecified atom stereocenters. The first-order valence-electron chi connectivity index (χ1n) is 9.80. The zero-order valence-electron chi connectivity index (χ0n) is 15.9. The lowest BCUT2D eigenvalue weighted by Crippen LogP contribution is -2.45. The highest BCUT2D eigenvalue weighted by Crippen LogP contribution is 2.49. The first kappa shape index (κ1) is 19.1. The third-order valence-electron chi connectivity index (χ3n) is 5.85. The number of H-pyrrole nitrogens is 2. The van der Waals surface area contributed by atoms with Gasteiger partial charge in [-0.15, -0.1) is 0 Å². The van der Waals surface area contributed by atoms with Crippen molar-refractivity contribution in [3.05, 3.63) is 62.7 Å². The second-order valence-electron chi connectivity index (χ2n) is 7.76. The van der Waals surface area contributed by atoms with Crippen LogP contribution >= 0.6 is 0 Å². The van der Waals surface area contributed by atoms with E-state index in [1.165, 1.54) is 0 Å². The van der Waals surface area contributed by atoms with Crippen LogP contribution in [0.15, 0.2) is 40.2 Å². The Hall–Kier alpha value is -3.23. The number of nitrogens with zero attached hydrogens (tertiary/aromatic N) is 2. The molecule has 3 heterocycles. The van der Waals surface area contributed by atoms with E-state index in [0.29, 0.717) is 19.6 Å². The minimum Gasteiger partial charge on any atom is -0.350 e. The Labute approximate surface area is 166 Å². The quantitative estimate of drug-likeness (QED) is 0.662. The number of aromatic amines is 2. The maximum atomic E-state index is 13.1. The predicted molar refractivity (Wildman–Crippen MR) is 104 cm³/mol. The first-order valence-corrected chi connectivity index (χ1v) is 9.80.